The van der Waals surface area contributed by atoms with Crippen molar-refractivity contribution >= 4 is 0 Å². The predicted molar refractivity (Wildman–Crippen MR) is 84.1 cm³/mol. The van der Waals surface area contributed by atoms with Gasteiger partial charge in [-0.3, -0.25) is 0 Å². The van der Waals surface area contributed by atoms with Crippen molar-refractivity contribution in [1.82, 2.24) is 5.32 Å². The molecule has 1 aromatic rings. The lowest BCUT2D eigenvalue weighted by molar-refractivity contribution is 0.227. The third-order valence-electron chi connectivity index (χ3n) is 3.49. The summed E-state index contributed by atoms with van der Waals surface area (Å²) in [5.74, 6) is 1.35. The highest BCUT2D eigenvalue weighted by atomic mass is 16.5. The Morgan fingerprint density at radius 3 is 2.50 bits per heavy atom. The highest BCUT2D eigenvalue weighted by Crippen LogP contribution is 2.18. The van der Waals surface area contributed by atoms with Crippen molar-refractivity contribution in [2.75, 3.05) is 19.8 Å². The van der Waals surface area contributed by atoms with E-state index in [1.54, 1.807) is 0 Å². The van der Waals surface area contributed by atoms with Crippen LogP contribution in [0.3, 0.4) is 0 Å². The van der Waals surface area contributed by atoms with E-state index in [0.29, 0.717) is 12.0 Å². The first-order valence-corrected chi connectivity index (χ1v) is 7.74. The van der Waals surface area contributed by atoms with Crippen LogP contribution in [0.4, 0.5) is 0 Å². The Morgan fingerprint density at radius 1 is 1.20 bits per heavy atom. The molecule has 1 aromatic carbocycles. The summed E-state index contributed by atoms with van der Waals surface area (Å²) in [6, 6.07) is 8.67. The van der Waals surface area contributed by atoms with Crippen molar-refractivity contribution < 1.29 is 9.84 Å². The molecule has 2 atom stereocenters. The Bertz CT molecular complexity index is 351. The molecule has 0 amide bonds. The Morgan fingerprint density at radius 2 is 1.90 bits per heavy atom. The fourth-order valence-corrected chi connectivity index (χ4v) is 2.05. The number of ether oxygens (including phenoxy) is 1. The van der Waals surface area contributed by atoms with Crippen molar-refractivity contribution in [2.45, 2.75) is 46.1 Å². The first kappa shape index (κ1) is 17.0. The van der Waals surface area contributed by atoms with Crippen molar-refractivity contribution in [3.05, 3.63) is 29.8 Å². The van der Waals surface area contributed by atoms with E-state index in [1.807, 2.05) is 12.1 Å². The minimum absolute atomic E-state index is 0.286. The van der Waals surface area contributed by atoms with Gasteiger partial charge in [0.1, 0.15) is 5.75 Å². The molecule has 0 fully saturated rings. The van der Waals surface area contributed by atoms with E-state index in [-0.39, 0.29) is 6.61 Å². The van der Waals surface area contributed by atoms with Gasteiger partial charge in [0.15, 0.2) is 0 Å². The van der Waals surface area contributed by atoms with E-state index in [2.05, 4.69) is 38.2 Å². The van der Waals surface area contributed by atoms with Gasteiger partial charge in [-0.15, -0.1) is 0 Å². The van der Waals surface area contributed by atoms with Gasteiger partial charge in [0, 0.05) is 12.6 Å². The predicted octanol–water partition coefficient (Wildman–Crippen LogP) is 3.53. The number of aliphatic hydroxyl groups excluding tert-OH is 1. The maximum Gasteiger partial charge on any atom is 0.119 e. The minimum atomic E-state index is 0.286. The SMILES string of the molecule is CCCOc1ccc(C(C)NCCCC(C)CO)cc1. The fourth-order valence-electron chi connectivity index (χ4n) is 2.05. The summed E-state index contributed by atoms with van der Waals surface area (Å²) in [5.41, 5.74) is 1.28. The molecule has 0 saturated carbocycles. The summed E-state index contributed by atoms with van der Waals surface area (Å²) in [5, 5.41) is 12.5. The number of hydrogen-bond acceptors (Lipinski definition) is 3. The van der Waals surface area contributed by atoms with Crippen LogP contribution in [0.1, 0.15) is 51.6 Å². The summed E-state index contributed by atoms with van der Waals surface area (Å²) >= 11 is 0. The maximum absolute atomic E-state index is 8.98. The van der Waals surface area contributed by atoms with E-state index in [1.165, 1.54) is 5.56 Å². The van der Waals surface area contributed by atoms with Crippen LogP contribution >= 0.6 is 0 Å². The lowest BCUT2D eigenvalue weighted by atomic mass is 10.1. The third kappa shape index (κ3) is 6.40. The van der Waals surface area contributed by atoms with Gasteiger partial charge in [-0.1, -0.05) is 26.0 Å². The van der Waals surface area contributed by atoms with Gasteiger partial charge >= 0.3 is 0 Å². The van der Waals surface area contributed by atoms with Crippen LogP contribution in [-0.2, 0) is 0 Å². The van der Waals surface area contributed by atoms with Crippen LogP contribution in [0, 0.1) is 5.92 Å². The average molecular weight is 279 g/mol. The summed E-state index contributed by atoms with van der Waals surface area (Å²) in [6.07, 6.45) is 3.20. The van der Waals surface area contributed by atoms with Crippen LogP contribution < -0.4 is 10.1 Å². The number of nitrogens with one attached hydrogen (secondary N) is 1. The van der Waals surface area contributed by atoms with Gasteiger partial charge in [0.05, 0.1) is 6.61 Å². The highest BCUT2D eigenvalue weighted by molar-refractivity contribution is 5.28. The molecule has 0 aliphatic carbocycles. The number of hydrogen-bond donors (Lipinski definition) is 2. The van der Waals surface area contributed by atoms with Crippen LogP contribution in [0.15, 0.2) is 24.3 Å². The molecule has 1 rings (SSSR count). The molecule has 0 bridgehead atoms. The zero-order chi connectivity index (χ0) is 14.8. The molecule has 0 heterocycles. The number of rotatable bonds is 10. The van der Waals surface area contributed by atoms with E-state index in [0.717, 1.165) is 38.2 Å². The van der Waals surface area contributed by atoms with Crippen molar-refractivity contribution in [1.29, 1.82) is 0 Å². The standard InChI is InChI=1S/C17H29NO2/c1-4-12-20-17-9-7-16(8-10-17)15(3)18-11-5-6-14(2)13-19/h7-10,14-15,18-19H,4-6,11-13H2,1-3H3. The van der Waals surface area contributed by atoms with Gasteiger partial charge in [0.25, 0.3) is 0 Å². The molecule has 20 heavy (non-hydrogen) atoms. The van der Waals surface area contributed by atoms with E-state index in [9.17, 15) is 0 Å². The molecule has 0 aliphatic rings. The second-order valence-corrected chi connectivity index (χ2v) is 5.52. The molecular weight excluding hydrogens is 250 g/mol. The molecule has 2 N–H and O–H groups in total. The van der Waals surface area contributed by atoms with Gasteiger partial charge in [0.2, 0.25) is 0 Å². The second kappa shape index (κ2) is 9.78. The largest absolute Gasteiger partial charge is 0.494 e. The Balaban J connectivity index is 2.30. The molecule has 0 radical (unpaired) electrons. The fraction of sp³-hybridized carbons (Fsp3) is 0.647. The van der Waals surface area contributed by atoms with Crippen molar-refractivity contribution in [3.8, 4) is 5.75 Å². The van der Waals surface area contributed by atoms with Gasteiger partial charge in [-0.05, 0) is 56.3 Å². The van der Waals surface area contributed by atoms with E-state index >= 15 is 0 Å². The normalized spacial score (nSPS) is 14.0. The summed E-state index contributed by atoms with van der Waals surface area (Å²) < 4.78 is 5.58. The molecule has 0 aromatic heterocycles. The Hall–Kier alpha value is -1.06. The van der Waals surface area contributed by atoms with Crippen LogP contribution in [-0.4, -0.2) is 24.9 Å². The molecule has 2 unspecified atom stereocenters. The molecular formula is C17H29NO2. The van der Waals surface area contributed by atoms with Crippen molar-refractivity contribution in [3.63, 3.8) is 0 Å². The smallest absolute Gasteiger partial charge is 0.119 e. The van der Waals surface area contributed by atoms with E-state index in [4.69, 9.17) is 9.84 Å². The zero-order valence-corrected chi connectivity index (χ0v) is 13.1. The van der Waals surface area contributed by atoms with Gasteiger partial charge in [-0.2, -0.15) is 0 Å². The second-order valence-electron chi connectivity index (χ2n) is 5.52. The van der Waals surface area contributed by atoms with Gasteiger partial charge in [-0.25, -0.2) is 0 Å². The third-order valence-corrected chi connectivity index (χ3v) is 3.49. The number of benzene rings is 1. The lowest BCUT2D eigenvalue weighted by Crippen LogP contribution is -2.20. The average Bonchev–Trinajstić information content (AvgIpc) is 2.49. The van der Waals surface area contributed by atoms with Crippen molar-refractivity contribution in [2.24, 2.45) is 5.92 Å². The molecule has 114 valence electrons. The summed E-state index contributed by atoms with van der Waals surface area (Å²) in [7, 11) is 0. The molecule has 0 saturated heterocycles. The molecule has 0 spiro atoms. The Kier molecular flexibility index (Phi) is 8.31. The molecule has 3 nitrogen and oxygen atoms in total. The summed E-state index contributed by atoms with van der Waals surface area (Å²) in [6.45, 7) is 8.42. The minimum Gasteiger partial charge on any atom is -0.494 e. The van der Waals surface area contributed by atoms with Gasteiger partial charge < -0.3 is 15.2 Å². The Labute approximate surface area is 123 Å². The maximum atomic E-state index is 8.98. The van der Waals surface area contributed by atoms with Crippen LogP contribution in [0.5, 0.6) is 5.75 Å². The first-order valence-electron chi connectivity index (χ1n) is 7.74. The molecule has 0 aliphatic heterocycles. The number of aliphatic hydroxyl groups is 1. The van der Waals surface area contributed by atoms with Crippen LogP contribution in [0.2, 0.25) is 0 Å². The van der Waals surface area contributed by atoms with E-state index < -0.39 is 0 Å². The monoisotopic (exact) mass is 279 g/mol. The first-order chi connectivity index (χ1) is 9.67. The zero-order valence-electron chi connectivity index (χ0n) is 13.1. The quantitative estimate of drug-likeness (QED) is 0.644. The van der Waals surface area contributed by atoms with Crippen LogP contribution in [0.25, 0.3) is 0 Å². The lowest BCUT2D eigenvalue weighted by Gasteiger charge is -2.15. The molecule has 3 heteroatoms. The highest BCUT2D eigenvalue weighted by Gasteiger charge is 2.05. The summed E-state index contributed by atoms with van der Waals surface area (Å²) in [4.78, 5) is 0. The topological polar surface area (TPSA) is 41.5 Å².